The number of carbonyl (C=O) groups excluding carboxylic acids is 1. The Hall–Kier alpha value is -3.51. The van der Waals surface area contributed by atoms with Gasteiger partial charge < -0.3 is 19.1 Å². The van der Waals surface area contributed by atoms with Crippen LogP contribution in [0.2, 0.25) is 0 Å². The summed E-state index contributed by atoms with van der Waals surface area (Å²) in [6, 6.07) is 9.36. The average Bonchev–Trinajstić information content (AvgIpc) is 3.63. The van der Waals surface area contributed by atoms with Gasteiger partial charge >= 0.3 is 6.18 Å². The Balaban J connectivity index is 1.21. The summed E-state index contributed by atoms with van der Waals surface area (Å²) in [6.45, 7) is 3.82. The number of nitrogens with zero attached hydrogens (tertiary/aromatic N) is 7. The van der Waals surface area contributed by atoms with E-state index in [0.717, 1.165) is 37.3 Å². The van der Waals surface area contributed by atoms with Gasteiger partial charge in [-0.3, -0.25) is 9.69 Å². The summed E-state index contributed by atoms with van der Waals surface area (Å²) in [4.78, 5) is 23.5. The van der Waals surface area contributed by atoms with Gasteiger partial charge in [0, 0.05) is 55.8 Å². The molecule has 0 aliphatic carbocycles. The molecular formula is C28H30F3N7O2. The normalized spacial score (nSPS) is 22.4. The third-order valence-corrected chi connectivity index (χ3v) is 8.91. The second-order valence-electron chi connectivity index (χ2n) is 11.4. The molecule has 0 bridgehead atoms. The van der Waals surface area contributed by atoms with Crippen LogP contribution in [0.15, 0.2) is 36.7 Å². The number of rotatable bonds is 5. The van der Waals surface area contributed by atoms with Crippen LogP contribution in [0.1, 0.15) is 45.8 Å². The number of pyridine rings is 1. The smallest absolute Gasteiger partial charge is 0.379 e. The van der Waals surface area contributed by atoms with Crippen molar-refractivity contribution in [1.29, 1.82) is 0 Å². The first-order valence-corrected chi connectivity index (χ1v) is 13.6. The molecule has 0 saturated carbocycles. The minimum atomic E-state index is -4.67. The molecule has 1 atom stereocenters. The first-order chi connectivity index (χ1) is 19.2. The second-order valence-corrected chi connectivity index (χ2v) is 11.4. The molecule has 0 N–H and O–H groups in total. The van der Waals surface area contributed by atoms with E-state index in [-0.39, 0.29) is 28.9 Å². The van der Waals surface area contributed by atoms with Crippen molar-refractivity contribution in [3.8, 4) is 0 Å². The Morgan fingerprint density at radius 2 is 2.00 bits per heavy atom. The van der Waals surface area contributed by atoms with E-state index in [2.05, 4.69) is 20.1 Å². The fourth-order valence-corrected chi connectivity index (χ4v) is 6.58. The molecule has 3 fully saturated rings. The molecule has 210 valence electrons. The topological polar surface area (TPSA) is 79.6 Å². The maximum absolute atomic E-state index is 14.3. The molecule has 2 aromatic heterocycles. The van der Waals surface area contributed by atoms with Gasteiger partial charge in [0.15, 0.2) is 5.69 Å². The van der Waals surface area contributed by atoms with Crippen molar-refractivity contribution in [2.75, 3.05) is 49.2 Å². The highest BCUT2D eigenvalue weighted by molar-refractivity contribution is 6.10. The maximum Gasteiger partial charge on any atom is 0.433 e. The number of halogens is 3. The fraction of sp³-hybridized carbons (Fsp3) is 0.500. The van der Waals surface area contributed by atoms with E-state index in [4.69, 9.17) is 4.74 Å². The number of hydrogen-bond acceptors (Lipinski definition) is 7. The number of anilines is 2. The van der Waals surface area contributed by atoms with Crippen molar-refractivity contribution in [3.63, 3.8) is 0 Å². The molecule has 0 radical (unpaired) electrons. The number of ether oxygens (including phenoxy) is 1. The minimum absolute atomic E-state index is 0.0630. The lowest BCUT2D eigenvalue weighted by Crippen LogP contribution is -2.50. The summed E-state index contributed by atoms with van der Waals surface area (Å²) >= 11 is 0. The molecule has 4 aliphatic heterocycles. The van der Waals surface area contributed by atoms with E-state index < -0.39 is 17.8 Å². The van der Waals surface area contributed by atoms with E-state index in [1.807, 2.05) is 34.7 Å². The number of carbonyl (C=O) groups is 1. The minimum Gasteiger partial charge on any atom is -0.379 e. The van der Waals surface area contributed by atoms with Crippen LogP contribution in [0.4, 0.5) is 24.7 Å². The van der Waals surface area contributed by atoms with Crippen molar-refractivity contribution in [2.45, 2.75) is 43.4 Å². The molecule has 7 rings (SSSR count). The van der Waals surface area contributed by atoms with Gasteiger partial charge in [0.05, 0.1) is 25.3 Å². The number of aromatic nitrogens is 4. The Kier molecular flexibility index (Phi) is 5.90. The molecule has 6 heterocycles. The highest BCUT2D eigenvalue weighted by atomic mass is 19.4. The first kappa shape index (κ1) is 25.5. The van der Waals surface area contributed by atoms with Crippen LogP contribution in [0, 0.1) is 0 Å². The van der Waals surface area contributed by atoms with Crippen LogP contribution in [0.3, 0.4) is 0 Å². The van der Waals surface area contributed by atoms with Crippen molar-refractivity contribution in [2.24, 2.45) is 7.05 Å². The molecule has 1 aromatic carbocycles. The number of piperazine rings is 1. The lowest BCUT2D eigenvalue weighted by molar-refractivity contribution is -0.141. The van der Waals surface area contributed by atoms with Crippen molar-refractivity contribution in [3.05, 3.63) is 64.9 Å². The predicted octanol–water partition coefficient (Wildman–Crippen LogP) is 3.18. The lowest BCUT2D eigenvalue weighted by Gasteiger charge is -2.42. The molecule has 0 spiro atoms. The third-order valence-electron chi connectivity index (χ3n) is 8.91. The number of hydrogen-bond donors (Lipinski definition) is 0. The molecule has 9 nitrogen and oxygen atoms in total. The standard InChI is InChI=1S/C28H30F3N7O2/c1-35-17-32-34-24(35)12-27(15-40-16-27)18-4-2-5-19(10-18)38-14-22-21(26(38)39)11-23(33-25(22)28(29,30)31)37-9-8-36-7-3-6-20(36)13-37/h2,4-5,10-11,17,20H,3,6-9,12-16H2,1H3/t20-/m0/s1. The highest BCUT2D eigenvalue weighted by Gasteiger charge is 2.45. The number of amides is 1. The molecule has 12 heteroatoms. The fourth-order valence-electron chi connectivity index (χ4n) is 6.58. The highest BCUT2D eigenvalue weighted by Crippen LogP contribution is 2.42. The van der Waals surface area contributed by atoms with Crippen LogP contribution >= 0.6 is 0 Å². The molecule has 0 unspecified atom stereocenters. The van der Waals surface area contributed by atoms with Gasteiger partial charge in [-0.25, -0.2) is 4.98 Å². The second kappa shape index (κ2) is 9.27. The first-order valence-electron chi connectivity index (χ1n) is 13.6. The number of fused-ring (bicyclic) bond motifs is 2. The summed E-state index contributed by atoms with van der Waals surface area (Å²) in [7, 11) is 1.88. The number of benzene rings is 1. The van der Waals surface area contributed by atoms with Crippen molar-refractivity contribution in [1.82, 2.24) is 24.6 Å². The monoisotopic (exact) mass is 553 g/mol. The largest absolute Gasteiger partial charge is 0.433 e. The van der Waals surface area contributed by atoms with Crippen LogP contribution in [0.25, 0.3) is 0 Å². The summed E-state index contributed by atoms with van der Waals surface area (Å²) in [5.74, 6) is 0.606. The zero-order chi connectivity index (χ0) is 27.6. The van der Waals surface area contributed by atoms with Gasteiger partial charge in [-0.2, -0.15) is 13.2 Å². The molecule has 40 heavy (non-hydrogen) atoms. The maximum atomic E-state index is 14.3. The van der Waals surface area contributed by atoms with Crippen molar-refractivity contribution < 1.29 is 22.7 Å². The Morgan fingerprint density at radius 1 is 1.15 bits per heavy atom. The lowest BCUT2D eigenvalue weighted by atomic mass is 9.75. The third kappa shape index (κ3) is 4.15. The van der Waals surface area contributed by atoms with Crippen molar-refractivity contribution >= 4 is 17.4 Å². The van der Waals surface area contributed by atoms with Gasteiger partial charge in [-0.15, -0.1) is 10.2 Å². The summed E-state index contributed by atoms with van der Waals surface area (Å²) < 4.78 is 50.4. The number of alkyl halides is 3. The predicted molar refractivity (Wildman–Crippen MR) is 140 cm³/mol. The van der Waals surface area contributed by atoms with Gasteiger partial charge in [-0.05, 0) is 43.1 Å². The van der Waals surface area contributed by atoms with E-state index in [0.29, 0.717) is 44.5 Å². The van der Waals surface area contributed by atoms with E-state index in [9.17, 15) is 18.0 Å². The van der Waals surface area contributed by atoms with Gasteiger partial charge in [0.1, 0.15) is 18.0 Å². The quantitative estimate of drug-likeness (QED) is 0.480. The van der Waals surface area contributed by atoms with Crippen LogP contribution in [0.5, 0.6) is 0 Å². The Morgan fingerprint density at radius 3 is 2.73 bits per heavy atom. The van der Waals surface area contributed by atoms with E-state index in [1.54, 1.807) is 18.5 Å². The molecule has 3 saturated heterocycles. The zero-order valence-corrected chi connectivity index (χ0v) is 22.2. The van der Waals surface area contributed by atoms with Crippen LogP contribution < -0.4 is 9.80 Å². The average molecular weight is 554 g/mol. The Bertz CT molecular complexity index is 1470. The molecule has 3 aromatic rings. The van der Waals surface area contributed by atoms with Crippen LogP contribution in [-0.2, 0) is 36.3 Å². The van der Waals surface area contributed by atoms with E-state index >= 15 is 0 Å². The Labute approximate surface area is 229 Å². The van der Waals surface area contributed by atoms with E-state index in [1.165, 1.54) is 4.90 Å². The molecule has 4 aliphatic rings. The summed E-state index contributed by atoms with van der Waals surface area (Å²) in [5.41, 5.74) is 0.210. The number of aryl methyl sites for hydroxylation is 1. The van der Waals surface area contributed by atoms with Gasteiger partial charge in [0.2, 0.25) is 0 Å². The van der Waals surface area contributed by atoms with Gasteiger partial charge in [-0.1, -0.05) is 12.1 Å². The summed E-state index contributed by atoms with van der Waals surface area (Å²) in [6.07, 6.45) is -0.298. The summed E-state index contributed by atoms with van der Waals surface area (Å²) in [5, 5.41) is 8.19. The zero-order valence-electron chi connectivity index (χ0n) is 22.2. The SMILES string of the molecule is Cn1cnnc1CC1(c2cccc(N3Cc4c(cc(N5CCN6CCC[C@H]6C5)nc4C(F)(F)F)C3=O)c2)COC1. The van der Waals surface area contributed by atoms with Crippen LogP contribution in [-0.4, -0.2) is 76.0 Å². The molecular weight excluding hydrogens is 523 g/mol. The van der Waals surface area contributed by atoms with Gasteiger partial charge in [0.25, 0.3) is 5.91 Å². The molecule has 1 amide bonds.